The maximum Gasteiger partial charge on any atom is 0.274 e. The van der Waals surface area contributed by atoms with E-state index in [1.807, 2.05) is 0 Å². The Morgan fingerprint density at radius 2 is 2.47 bits per heavy atom. The minimum atomic E-state index is -0.234. The molecule has 2 rings (SSSR count). The largest absolute Gasteiger partial charge is 0.345 e. The van der Waals surface area contributed by atoms with Gasteiger partial charge >= 0.3 is 0 Å². The molecule has 0 aromatic carbocycles. The third-order valence-corrected chi connectivity index (χ3v) is 2.67. The second-order valence-electron chi connectivity index (χ2n) is 2.78. The molecule has 2 aromatic rings. The number of halogens is 1. The predicted molar refractivity (Wildman–Crippen MR) is 58.8 cm³/mol. The topological polar surface area (TPSA) is 72.7 Å². The molecule has 78 valence electrons. The first-order chi connectivity index (χ1) is 7.16. The van der Waals surface area contributed by atoms with E-state index in [0.717, 1.165) is 16.0 Å². The second-order valence-corrected chi connectivity index (χ2v) is 4.42. The average molecular weight is 288 g/mol. The minimum Gasteiger partial charge on any atom is -0.345 e. The van der Waals surface area contributed by atoms with Crippen molar-refractivity contribution in [1.29, 1.82) is 0 Å². The maximum atomic E-state index is 11.7. The first kappa shape index (κ1) is 10.2. The van der Waals surface area contributed by atoms with E-state index in [4.69, 9.17) is 0 Å². The monoisotopic (exact) mass is 287 g/mol. The van der Waals surface area contributed by atoms with Crippen LogP contribution in [0.5, 0.6) is 0 Å². The van der Waals surface area contributed by atoms with E-state index in [1.54, 1.807) is 23.9 Å². The van der Waals surface area contributed by atoms with Gasteiger partial charge in [-0.25, -0.2) is 0 Å². The molecule has 1 N–H and O–H groups in total. The molecule has 0 saturated heterocycles. The smallest absolute Gasteiger partial charge is 0.274 e. The quantitative estimate of drug-likeness (QED) is 0.903. The summed E-state index contributed by atoms with van der Waals surface area (Å²) in [6, 6.07) is 1.73. The summed E-state index contributed by atoms with van der Waals surface area (Å²) < 4.78 is 6.11. The summed E-state index contributed by atoms with van der Waals surface area (Å²) in [5, 5.41) is 9.99. The van der Waals surface area contributed by atoms with Crippen molar-refractivity contribution in [3.63, 3.8) is 0 Å². The van der Waals surface area contributed by atoms with Gasteiger partial charge in [-0.2, -0.15) is 0 Å². The van der Waals surface area contributed by atoms with Crippen LogP contribution in [-0.4, -0.2) is 25.3 Å². The molecular formula is C7H6BrN5OS. The van der Waals surface area contributed by atoms with Crippen molar-refractivity contribution in [3.8, 4) is 0 Å². The van der Waals surface area contributed by atoms with Crippen molar-refractivity contribution >= 4 is 38.5 Å². The molecular weight excluding hydrogens is 282 g/mol. The number of hydrogen-bond donors (Lipinski definition) is 1. The highest BCUT2D eigenvalue weighted by molar-refractivity contribution is 9.10. The molecule has 0 spiro atoms. The highest BCUT2D eigenvalue weighted by Gasteiger charge is 2.12. The van der Waals surface area contributed by atoms with Gasteiger partial charge in [0.25, 0.3) is 5.91 Å². The van der Waals surface area contributed by atoms with Gasteiger partial charge in [-0.1, -0.05) is 9.59 Å². The fraction of sp³-hybridized carbons (Fsp3) is 0.143. The Hall–Kier alpha value is -1.28. The third-order valence-electron chi connectivity index (χ3n) is 1.72. The Morgan fingerprint density at radius 1 is 1.67 bits per heavy atom. The third kappa shape index (κ3) is 2.21. The summed E-state index contributed by atoms with van der Waals surface area (Å²) in [5.41, 5.74) is 0.539. The number of carbonyl (C=O) groups is 1. The summed E-state index contributed by atoms with van der Waals surface area (Å²) in [7, 11) is 1.79. The second kappa shape index (κ2) is 4.07. The fourth-order valence-electron chi connectivity index (χ4n) is 1.09. The maximum absolute atomic E-state index is 11.7. The first-order valence-corrected chi connectivity index (χ1v) is 5.51. The Labute approximate surface area is 97.6 Å². The fourth-order valence-corrected chi connectivity index (χ4v) is 1.98. The van der Waals surface area contributed by atoms with Gasteiger partial charge in [0.1, 0.15) is 5.69 Å². The van der Waals surface area contributed by atoms with Crippen LogP contribution in [0.1, 0.15) is 10.5 Å². The molecule has 0 aliphatic rings. The lowest BCUT2D eigenvalue weighted by Crippen LogP contribution is -2.15. The van der Waals surface area contributed by atoms with Crippen LogP contribution in [0.4, 0.5) is 5.13 Å². The summed E-state index contributed by atoms with van der Waals surface area (Å²) >= 11 is 4.32. The molecule has 0 aliphatic heterocycles. The van der Waals surface area contributed by atoms with Crippen molar-refractivity contribution in [1.82, 2.24) is 19.4 Å². The van der Waals surface area contributed by atoms with Gasteiger partial charge in [0, 0.05) is 29.2 Å². The van der Waals surface area contributed by atoms with Gasteiger partial charge in [0.2, 0.25) is 5.13 Å². The zero-order chi connectivity index (χ0) is 10.8. The van der Waals surface area contributed by atoms with Crippen molar-refractivity contribution in [2.45, 2.75) is 0 Å². The molecule has 0 bridgehead atoms. The van der Waals surface area contributed by atoms with Crippen LogP contribution in [0, 0.1) is 0 Å². The van der Waals surface area contributed by atoms with E-state index in [1.165, 1.54) is 0 Å². The Bertz CT molecular complexity index is 480. The van der Waals surface area contributed by atoms with E-state index in [-0.39, 0.29) is 5.91 Å². The number of carbonyl (C=O) groups excluding carboxylic acids is 1. The standard InChI is InChI=1S/C7H6BrN5OS/c1-13-3-4(8)2-5(13)6(14)9-7-10-11-12-15-7/h2-3H,1H3,(H,9,10,12,14). The molecule has 6 nitrogen and oxygen atoms in total. The highest BCUT2D eigenvalue weighted by Crippen LogP contribution is 2.15. The Kier molecular flexibility index (Phi) is 2.78. The molecule has 2 heterocycles. The zero-order valence-electron chi connectivity index (χ0n) is 7.64. The molecule has 0 atom stereocenters. The van der Waals surface area contributed by atoms with E-state index >= 15 is 0 Å². The number of nitrogens with zero attached hydrogens (tertiary/aromatic N) is 4. The number of rotatable bonds is 2. The Morgan fingerprint density at radius 3 is 3.00 bits per heavy atom. The number of amides is 1. The molecule has 1 amide bonds. The van der Waals surface area contributed by atoms with E-state index in [0.29, 0.717) is 10.8 Å². The van der Waals surface area contributed by atoms with E-state index in [9.17, 15) is 4.79 Å². The lowest BCUT2D eigenvalue weighted by atomic mass is 10.4. The lowest BCUT2D eigenvalue weighted by molar-refractivity contribution is 0.101. The molecule has 0 fully saturated rings. The SMILES string of the molecule is Cn1cc(Br)cc1C(=O)Nc1nnns1. The molecule has 0 unspecified atom stereocenters. The minimum absolute atomic E-state index is 0.234. The van der Waals surface area contributed by atoms with Gasteiger partial charge in [0.05, 0.1) is 0 Å². The zero-order valence-corrected chi connectivity index (χ0v) is 10.0. The van der Waals surface area contributed by atoms with Crippen LogP contribution < -0.4 is 5.32 Å². The number of anilines is 1. The normalized spacial score (nSPS) is 10.3. The summed E-state index contributed by atoms with van der Waals surface area (Å²) in [6.07, 6.45) is 1.80. The Balaban J connectivity index is 2.18. The molecule has 8 heteroatoms. The van der Waals surface area contributed by atoms with Gasteiger partial charge in [-0.05, 0) is 27.2 Å². The van der Waals surface area contributed by atoms with E-state index < -0.39 is 0 Å². The van der Waals surface area contributed by atoms with Crippen molar-refractivity contribution < 1.29 is 4.79 Å². The number of aryl methyl sites for hydroxylation is 1. The molecule has 2 aromatic heterocycles. The summed E-state index contributed by atoms with van der Waals surface area (Å²) in [4.78, 5) is 11.7. The van der Waals surface area contributed by atoms with Gasteiger partial charge in [0.15, 0.2) is 0 Å². The van der Waals surface area contributed by atoms with Gasteiger partial charge < -0.3 is 4.57 Å². The van der Waals surface area contributed by atoms with Crippen LogP contribution in [0.15, 0.2) is 16.7 Å². The van der Waals surface area contributed by atoms with Crippen molar-refractivity contribution in [2.75, 3.05) is 5.32 Å². The average Bonchev–Trinajstić information content (AvgIpc) is 2.75. The van der Waals surface area contributed by atoms with Crippen molar-refractivity contribution in [3.05, 3.63) is 22.4 Å². The summed E-state index contributed by atoms with van der Waals surface area (Å²) in [5.74, 6) is -0.234. The van der Waals surface area contributed by atoms with Gasteiger partial charge in [-0.15, -0.1) is 0 Å². The summed E-state index contributed by atoms with van der Waals surface area (Å²) in [6.45, 7) is 0. The predicted octanol–water partition coefficient (Wildman–Crippen LogP) is 1.29. The van der Waals surface area contributed by atoms with Gasteiger partial charge in [-0.3, -0.25) is 10.1 Å². The molecule has 15 heavy (non-hydrogen) atoms. The molecule has 0 radical (unpaired) electrons. The first-order valence-electron chi connectivity index (χ1n) is 3.95. The van der Waals surface area contributed by atoms with Crippen LogP contribution in [0.2, 0.25) is 0 Å². The lowest BCUT2D eigenvalue weighted by Gasteiger charge is -2.00. The number of aromatic nitrogens is 4. The molecule has 0 saturated carbocycles. The van der Waals surface area contributed by atoms with Crippen LogP contribution in [0.25, 0.3) is 0 Å². The molecule has 0 aliphatic carbocycles. The van der Waals surface area contributed by atoms with Crippen LogP contribution >= 0.6 is 27.5 Å². The number of nitrogens with one attached hydrogen (secondary N) is 1. The number of hydrogen-bond acceptors (Lipinski definition) is 5. The van der Waals surface area contributed by atoms with Crippen molar-refractivity contribution in [2.24, 2.45) is 7.05 Å². The highest BCUT2D eigenvalue weighted by atomic mass is 79.9. The van der Waals surface area contributed by atoms with Crippen LogP contribution in [0.3, 0.4) is 0 Å². The van der Waals surface area contributed by atoms with E-state index in [2.05, 4.69) is 36.0 Å². The van der Waals surface area contributed by atoms with Crippen LogP contribution in [-0.2, 0) is 7.05 Å².